The van der Waals surface area contributed by atoms with Crippen LogP contribution in [0.5, 0.6) is 0 Å². The van der Waals surface area contributed by atoms with Gasteiger partial charge < -0.3 is 10.1 Å². The fraction of sp³-hybridized carbons (Fsp3) is 0.731. The molecule has 0 aromatic heterocycles. The van der Waals surface area contributed by atoms with Crippen molar-refractivity contribution in [2.24, 2.45) is 0 Å². The predicted octanol–water partition coefficient (Wildman–Crippen LogP) is 8.08. The molecule has 0 fully saturated rings. The van der Waals surface area contributed by atoms with Gasteiger partial charge in [0.1, 0.15) is 0 Å². The molecule has 1 rings (SSSR count). The number of nitrogens with zero attached hydrogens (tertiary/aromatic N) is 1. The second kappa shape index (κ2) is 19.6. The molecule has 0 saturated carbocycles. The van der Waals surface area contributed by atoms with Crippen LogP contribution in [0.2, 0.25) is 0 Å². The van der Waals surface area contributed by atoms with Gasteiger partial charge in [-0.1, -0.05) is 121 Å². The quantitative estimate of drug-likeness (QED) is 0.124. The van der Waals surface area contributed by atoms with Gasteiger partial charge in [-0.2, -0.15) is 0 Å². The number of nitrogens with one attached hydrogen (secondary N) is 1. The van der Waals surface area contributed by atoms with E-state index in [1.807, 2.05) is 0 Å². The van der Waals surface area contributed by atoms with Gasteiger partial charge in [0.05, 0.1) is 18.1 Å². The van der Waals surface area contributed by atoms with Crippen LogP contribution in [0.15, 0.2) is 24.3 Å². The minimum atomic E-state index is -0.524. The van der Waals surface area contributed by atoms with Gasteiger partial charge in [-0.25, -0.2) is 4.79 Å². The van der Waals surface area contributed by atoms with E-state index >= 15 is 0 Å². The Morgan fingerprint density at radius 3 is 1.78 bits per heavy atom. The van der Waals surface area contributed by atoms with Crippen LogP contribution < -0.4 is 5.32 Å². The summed E-state index contributed by atoms with van der Waals surface area (Å²) < 4.78 is 5.16. The van der Waals surface area contributed by atoms with Gasteiger partial charge in [0.15, 0.2) is 0 Å². The van der Waals surface area contributed by atoms with Crippen LogP contribution in [0, 0.1) is 10.1 Å². The largest absolute Gasteiger partial charge is 0.450 e. The SMILES string of the molecule is CCCCCCCCCCCCCCCCCCOC(=O)NCc1ccccc1[N+](=O)[O-]. The number of alkyl carbamates (subject to hydrolysis) is 1. The fourth-order valence-corrected chi connectivity index (χ4v) is 3.87. The standard InChI is InChI=1S/C26H44N2O4/c1-2-3-4-5-6-7-8-9-10-11-12-13-14-15-16-19-22-32-26(29)27-23-24-20-17-18-21-25(24)28(30)31/h17-18,20-21H,2-16,19,22-23H2,1H3,(H,27,29). The van der Waals surface area contributed by atoms with Crippen LogP contribution in [0.4, 0.5) is 10.5 Å². The number of carbonyl (C=O) groups excluding carboxylic acids is 1. The Bertz CT molecular complexity index is 622. The average Bonchev–Trinajstić information content (AvgIpc) is 2.79. The third-order valence-corrected chi connectivity index (χ3v) is 5.84. The lowest BCUT2D eigenvalue weighted by molar-refractivity contribution is -0.385. The second-order valence-electron chi connectivity index (χ2n) is 8.68. The van der Waals surface area contributed by atoms with Gasteiger partial charge in [-0.15, -0.1) is 0 Å². The van der Waals surface area contributed by atoms with E-state index in [-0.39, 0.29) is 12.2 Å². The number of hydrogen-bond donors (Lipinski definition) is 1. The zero-order valence-corrected chi connectivity index (χ0v) is 20.1. The maximum Gasteiger partial charge on any atom is 0.407 e. The van der Waals surface area contributed by atoms with Crippen molar-refractivity contribution in [3.05, 3.63) is 39.9 Å². The van der Waals surface area contributed by atoms with Crippen molar-refractivity contribution in [2.45, 2.75) is 116 Å². The molecule has 0 heterocycles. The first-order chi connectivity index (χ1) is 15.6. The Labute approximate surface area is 194 Å². The number of amides is 1. The Morgan fingerprint density at radius 2 is 1.28 bits per heavy atom. The molecular formula is C26H44N2O4. The lowest BCUT2D eigenvalue weighted by Gasteiger charge is -2.07. The molecule has 1 N–H and O–H groups in total. The highest BCUT2D eigenvalue weighted by Crippen LogP contribution is 2.17. The van der Waals surface area contributed by atoms with Crippen LogP contribution in [0.3, 0.4) is 0 Å². The van der Waals surface area contributed by atoms with Gasteiger partial charge in [0.25, 0.3) is 5.69 Å². The molecule has 0 unspecified atom stereocenters. The monoisotopic (exact) mass is 448 g/mol. The maximum absolute atomic E-state index is 11.8. The van der Waals surface area contributed by atoms with Gasteiger partial charge in [0, 0.05) is 11.6 Å². The van der Waals surface area contributed by atoms with Crippen LogP contribution in [-0.4, -0.2) is 17.6 Å². The Kier molecular flexibility index (Phi) is 17.1. The number of para-hydroxylation sites is 1. The Balaban J connectivity index is 1.86. The smallest absolute Gasteiger partial charge is 0.407 e. The zero-order valence-electron chi connectivity index (χ0n) is 20.1. The first kappa shape index (κ1) is 27.9. The summed E-state index contributed by atoms with van der Waals surface area (Å²) in [6.45, 7) is 2.75. The minimum Gasteiger partial charge on any atom is -0.450 e. The summed E-state index contributed by atoms with van der Waals surface area (Å²) in [6.07, 6.45) is 20.4. The number of benzene rings is 1. The van der Waals surface area contributed by atoms with Crippen molar-refractivity contribution in [3.63, 3.8) is 0 Å². The molecular weight excluding hydrogens is 404 g/mol. The number of ether oxygens (including phenoxy) is 1. The number of carbonyl (C=O) groups is 1. The van der Waals surface area contributed by atoms with E-state index in [0.717, 1.165) is 12.8 Å². The van der Waals surface area contributed by atoms with Gasteiger partial charge in [-0.05, 0) is 6.42 Å². The van der Waals surface area contributed by atoms with Gasteiger partial charge in [0.2, 0.25) is 0 Å². The first-order valence-electron chi connectivity index (χ1n) is 12.8. The molecule has 0 spiro atoms. The van der Waals surface area contributed by atoms with E-state index < -0.39 is 11.0 Å². The molecule has 1 aromatic rings. The summed E-state index contributed by atoms with van der Waals surface area (Å²) >= 11 is 0. The van der Waals surface area contributed by atoms with E-state index in [0.29, 0.717) is 12.2 Å². The highest BCUT2D eigenvalue weighted by atomic mass is 16.6. The molecule has 0 bridgehead atoms. The normalized spacial score (nSPS) is 10.8. The lowest BCUT2D eigenvalue weighted by Crippen LogP contribution is -2.24. The predicted molar refractivity (Wildman–Crippen MR) is 131 cm³/mol. The Morgan fingerprint density at radius 1 is 0.812 bits per heavy atom. The summed E-state index contributed by atoms with van der Waals surface area (Å²) in [7, 11) is 0. The summed E-state index contributed by atoms with van der Waals surface area (Å²) in [5, 5.41) is 13.6. The van der Waals surface area contributed by atoms with Crippen molar-refractivity contribution >= 4 is 11.8 Å². The van der Waals surface area contributed by atoms with Crippen LogP contribution in [0.1, 0.15) is 115 Å². The zero-order chi connectivity index (χ0) is 23.3. The van der Waals surface area contributed by atoms with Crippen molar-refractivity contribution in [3.8, 4) is 0 Å². The number of nitro benzene ring substituents is 1. The highest BCUT2D eigenvalue weighted by Gasteiger charge is 2.13. The van der Waals surface area contributed by atoms with Crippen LogP contribution in [-0.2, 0) is 11.3 Å². The highest BCUT2D eigenvalue weighted by molar-refractivity contribution is 5.67. The average molecular weight is 449 g/mol. The van der Waals surface area contributed by atoms with E-state index in [4.69, 9.17) is 4.74 Å². The maximum atomic E-state index is 11.8. The van der Waals surface area contributed by atoms with Crippen LogP contribution >= 0.6 is 0 Å². The first-order valence-corrected chi connectivity index (χ1v) is 12.8. The molecule has 0 aliphatic heterocycles. The number of hydrogen-bond acceptors (Lipinski definition) is 4. The summed E-state index contributed by atoms with van der Waals surface area (Å²) in [5.41, 5.74) is 0.475. The van der Waals surface area contributed by atoms with Crippen LogP contribution in [0.25, 0.3) is 0 Å². The summed E-state index contributed by atoms with van der Waals surface area (Å²) in [5.74, 6) is 0. The topological polar surface area (TPSA) is 81.5 Å². The molecule has 0 aliphatic carbocycles. The summed E-state index contributed by atoms with van der Waals surface area (Å²) in [6, 6.07) is 6.38. The molecule has 0 saturated heterocycles. The van der Waals surface area contributed by atoms with E-state index in [1.165, 1.54) is 96.0 Å². The molecule has 0 aliphatic rings. The van der Waals surface area contributed by atoms with Gasteiger partial charge >= 0.3 is 6.09 Å². The van der Waals surface area contributed by atoms with Crippen molar-refractivity contribution in [1.82, 2.24) is 5.32 Å². The number of nitro groups is 1. The molecule has 6 nitrogen and oxygen atoms in total. The molecule has 1 aromatic carbocycles. The van der Waals surface area contributed by atoms with Gasteiger partial charge in [-0.3, -0.25) is 10.1 Å². The molecule has 0 radical (unpaired) electrons. The molecule has 1 amide bonds. The molecule has 182 valence electrons. The lowest BCUT2D eigenvalue weighted by atomic mass is 10.0. The number of rotatable bonds is 20. The van der Waals surface area contributed by atoms with Crippen molar-refractivity contribution < 1.29 is 14.5 Å². The Hall–Kier alpha value is -2.11. The minimum absolute atomic E-state index is 0.00519. The van der Waals surface area contributed by atoms with E-state index in [2.05, 4.69) is 12.2 Å². The molecule has 0 atom stereocenters. The molecule has 6 heteroatoms. The van der Waals surface area contributed by atoms with E-state index in [1.54, 1.807) is 18.2 Å². The second-order valence-corrected chi connectivity index (χ2v) is 8.68. The molecule has 32 heavy (non-hydrogen) atoms. The summed E-state index contributed by atoms with van der Waals surface area (Å²) in [4.78, 5) is 22.3. The van der Waals surface area contributed by atoms with Crippen molar-refractivity contribution in [1.29, 1.82) is 0 Å². The third-order valence-electron chi connectivity index (χ3n) is 5.84. The third kappa shape index (κ3) is 14.8. The van der Waals surface area contributed by atoms with E-state index in [9.17, 15) is 14.9 Å². The van der Waals surface area contributed by atoms with Crippen molar-refractivity contribution in [2.75, 3.05) is 6.61 Å². The number of unbranched alkanes of at least 4 members (excludes halogenated alkanes) is 15. The fourth-order valence-electron chi connectivity index (χ4n) is 3.87.